The van der Waals surface area contributed by atoms with Gasteiger partial charge in [-0.3, -0.25) is 0 Å². The summed E-state index contributed by atoms with van der Waals surface area (Å²) in [4.78, 5) is 16.6. The first-order valence-corrected chi connectivity index (χ1v) is 3.97. The summed E-state index contributed by atoms with van der Waals surface area (Å²) < 4.78 is 13.2. The van der Waals surface area contributed by atoms with E-state index < -0.39 is 11.9 Å². The van der Waals surface area contributed by atoms with Gasteiger partial charge in [0.15, 0.2) is 0 Å². The number of rotatable bonds is 1. The van der Waals surface area contributed by atoms with Gasteiger partial charge < -0.3 is 10.1 Å². The van der Waals surface area contributed by atoms with Crippen molar-refractivity contribution in [1.29, 1.82) is 0 Å². The number of aromatic amines is 1. The Morgan fingerprint density at radius 1 is 1.57 bits per heavy atom. The molecular weight excluding hydrogens is 187 g/mol. The lowest BCUT2D eigenvalue weighted by molar-refractivity contribution is 0.0691. The van der Waals surface area contributed by atoms with Crippen LogP contribution in [0.5, 0.6) is 0 Å². The van der Waals surface area contributed by atoms with E-state index in [0.29, 0.717) is 11.1 Å². The number of pyridine rings is 1. The van der Waals surface area contributed by atoms with Crippen molar-refractivity contribution in [3.8, 4) is 0 Å². The maximum absolute atomic E-state index is 13.2. The molecule has 4 nitrogen and oxygen atoms in total. The Kier molecular flexibility index (Phi) is 1.73. The van der Waals surface area contributed by atoms with Gasteiger partial charge in [-0.2, -0.15) is 4.39 Å². The summed E-state index contributed by atoms with van der Waals surface area (Å²) in [6, 6.07) is 3.01. The molecule has 0 amide bonds. The van der Waals surface area contributed by atoms with Gasteiger partial charge in [-0.15, -0.1) is 0 Å². The van der Waals surface area contributed by atoms with Gasteiger partial charge >= 0.3 is 5.97 Å². The van der Waals surface area contributed by atoms with Crippen molar-refractivity contribution in [1.82, 2.24) is 9.97 Å². The maximum atomic E-state index is 13.2. The van der Waals surface area contributed by atoms with Crippen LogP contribution in [0.4, 0.5) is 4.39 Å². The topological polar surface area (TPSA) is 66.0 Å². The molecule has 0 aliphatic heterocycles. The zero-order chi connectivity index (χ0) is 10.3. The second-order valence-corrected chi connectivity index (χ2v) is 3.01. The summed E-state index contributed by atoms with van der Waals surface area (Å²) in [5, 5.41) is 9.19. The highest BCUT2D eigenvalue weighted by molar-refractivity contribution is 5.93. The fraction of sp³-hybridized carbons (Fsp3) is 0.111. The van der Waals surface area contributed by atoms with Gasteiger partial charge in [0, 0.05) is 11.1 Å². The molecule has 5 heteroatoms. The van der Waals surface area contributed by atoms with Crippen LogP contribution >= 0.6 is 0 Å². The monoisotopic (exact) mass is 194 g/mol. The molecule has 0 aromatic carbocycles. The molecule has 2 heterocycles. The Bertz CT molecular complexity index is 519. The van der Waals surface area contributed by atoms with Crippen molar-refractivity contribution in [2.24, 2.45) is 0 Å². The molecule has 14 heavy (non-hydrogen) atoms. The quantitative estimate of drug-likeness (QED) is 0.679. The van der Waals surface area contributed by atoms with Gasteiger partial charge in [-0.1, -0.05) is 0 Å². The molecule has 72 valence electrons. The van der Waals surface area contributed by atoms with E-state index in [1.54, 1.807) is 13.0 Å². The fourth-order valence-electron chi connectivity index (χ4n) is 1.34. The SMILES string of the molecule is Cc1cc2cc(C(=O)O)[nH]c2c(F)n1. The van der Waals surface area contributed by atoms with E-state index in [0.717, 1.165) is 0 Å². The van der Waals surface area contributed by atoms with E-state index >= 15 is 0 Å². The first-order valence-electron chi connectivity index (χ1n) is 3.97. The lowest BCUT2D eigenvalue weighted by Gasteiger charge is -1.93. The van der Waals surface area contributed by atoms with Crippen LogP contribution < -0.4 is 0 Å². The van der Waals surface area contributed by atoms with Gasteiger partial charge in [0.05, 0.1) is 0 Å². The highest BCUT2D eigenvalue weighted by Gasteiger charge is 2.11. The minimum Gasteiger partial charge on any atom is -0.477 e. The van der Waals surface area contributed by atoms with Crippen LogP contribution in [-0.2, 0) is 0 Å². The molecule has 0 atom stereocenters. The molecule has 2 N–H and O–H groups in total. The molecule has 0 spiro atoms. The normalized spacial score (nSPS) is 10.7. The lowest BCUT2D eigenvalue weighted by Crippen LogP contribution is -1.95. The lowest BCUT2D eigenvalue weighted by atomic mass is 10.2. The Hall–Kier alpha value is -1.91. The van der Waals surface area contributed by atoms with Crippen LogP contribution in [0.25, 0.3) is 10.9 Å². The maximum Gasteiger partial charge on any atom is 0.352 e. The third-order valence-electron chi connectivity index (χ3n) is 1.92. The van der Waals surface area contributed by atoms with Crippen molar-refractivity contribution in [3.63, 3.8) is 0 Å². The number of nitrogens with zero attached hydrogens (tertiary/aromatic N) is 1. The van der Waals surface area contributed by atoms with Crippen molar-refractivity contribution in [2.75, 3.05) is 0 Å². The Morgan fingerprint density at radius 3 is 2.93 bits per heavy atom. The van der Waals surface area contributed by atoms with Crippen LogP contribution in [0.2, 0.25) is 0 Å². The number of halogens is 1. The van der Waals surface area contributed by atoms with Gasteiger partial charge in [0.2, 0.25) is 5.95 Å². The average Bonchev–Trinajstić information content (AvgIpc) is 2.47. The molecule has 0 fully saturated rings. The second-order valence-electron chi connectivity index (χ2n) is 3.01. The van der Waals surface area contributed by atoms with Gasteiger partial charge in [0.25, 0.3) is 0 Å². The molecule has 0 bridgehead atoms. The van der Waals surface area contributed by atoms with E-state index in [-0.39, 0.29) is 11.2 Å². The predicted octanol–water partition coefficient (Wildman–Crippen LogP) is 1.71. The van der Waals surface area contributed by atoms with Crippen molar-refractivity contribution in [2.45, 2.75) is 6.92 Å². The zero-order valence-electron chi connectivity index (χ0n) is 7.34. The molecule has 2 aromatic rings. The summed E-state index contributed by atoms with van der Waals surface area (Å²) in [7, 11) is 0. The minimum absolute atomic E-state index is 0.0358. The number of carbonyl (C=O) groups is 1. The van der Waals surface area contributed by atoms with Crippen LogP contribution in [0.15, 0.2) is 12.1 Å². The number of aryl methyl sites for hydroxylation is 1. The third kappa shape index (κ3) is 1.22. The van der Waals surface area contributed by atoms with E-state index in [1.807, 2.05) is 0 Å². The molecule has 0 aliphatic rings. The standard InChI is InChI=1S/C9H7FN2O2/c1-4-2-5-3-6(9(13)14)12-7(5)8(10)11-4/h2-3,12H,1H3,(H,13,14). The molecular formula is C9H7FN2O2. The number of hydrogen-bond donors (Lipinski definition) is 2. The van der Waals surface area contributed by atoms with Crippen LogP contribution in [0, 0.1) is 12.9 Å². The molecule has 2 rings (SSSR count). The first kappa shape index (κ1) is 8.68. The summed E-state index contributed by atoms with van der Waals surface area (Å²) in [6.07, 6.45) is 0. The third-order valence-corrected chi connectivity index (χ3v) is 1.92. The summed E-state index contributed by atoms with van der Waals surface area (Å²) in [5.74, 6) is -1.79. The molecule has 0 radical (unpaired) electrons. The Balaban J connectivity index is 2.76. The number of carboxylic acids is 1. The van der Waals surface area contributed by atoms with Gasteiger partial charge in [-0.05, 0) is 19.1 Å². The Morgan fingerprint density at radius 2 is 2.29 bits per heavy atom. The Labute approximate surface area is 78.4 Å². The second kappa shape index (κ2) is 2.80. The van der Waals surface area contributed by atoms with Gasteiger partial charge in [0.1, 0.15) is 11.2 Å². The molecule has 0 aliphatic carbocycles. The summed E-state index contributed by atoms with van der Waals surface area (Å²) >= 11 is 0. The molecule has 2 aromatic heterocycles. The highest BCUT2D eigenvalue weighted by Crippen LogP contribution is 2.18. The van der Waals surface area contributed by atoms with Crippen molar-refractivity contribution >= 4 is 16.9 Å². The smallest absolute Gasteiger partial charge is 0.352 e. The number of aromatic carboxylic acids is 1. The van der Waals surface area contributed by atoms with Crippen LogP contribution in [0.1, 0.15) is 16.2 Å². The van der Waals surface area contributed by atoms with E-state index in [2.05, 4.69) is 9.97 Å². The highest BCUT2D eigenvalue weighted by atomic mass is 19.1. The first-order chi connectivity index (χ1) is 6.58. The number of nitrogens with one attached hydrogen (secondary N) is 1. The predicted molar refractivity (Wildman–Crippen MR) is 47.7 cm³/mol. The van der Waals surface area contributed by atoms with E-state index in [1.165, 1.54) is 6.07 Å². The molecule has 0 saturated carbocycles. The van der Waals surface area contributed by atoms with E-state index in [9.17, 15) is 9.18 Å². The van der Waals surface area contributed by atoms with Crippen molar-refractivity contribution < 1.29 is 14.3 Å². The number of fused-ring (bicyclic) bond motifs is 1. The fourth-order valence-corrected chi connectivity index (χ4v) is 1.34. The number of hydrogen-bond acceptors (Lipinski definition) is 2. The number of H-pyrrole nitrogens is 1. The zero-order valence-corrected chi connectivity index (χ0v) is 7.34. The number of aromatic nitrogens is 2. The molecule has 0 unspecified atom stereocenters. The van der Waals surface area contributed by atoms with Crippen molar-refractivity contribution in [3.05, 3.63) is 29.5 Å². The minimum atomic E-state index is -1.11. The molecule has 0 saturated heterocycles. The summed E-state index contributed by atoms with van der Waals surface area (Å²) in [5.41, 5.74) is 0.616. The largest absolute Gasteiger partial charge is 0.477 e. The van der Waals surface area contributed by atoms with Crippen LogP contribution in [0.3, 0.4) is 0 Å². The van der Waals surface area contributed by atoms with Crippen LogP contribution in [-0.4, -0.2) is 21.0 Å². The van der Waals surface area contributed by atoms with E-state index in [4.69, 9.17) is 5.11 Å². The number of carboxylic acid groups (broad SMARTS) is 1. The van der Waals surface area contributed by atoms with Gasteiger partial charge in [-0.25, -0.2) is 9.78 Å². The summed E-state index contributed by atoms with van der Waals surface area (Å²) in [6.45, 7) is 1.65. The average molecular weight is 194 g/mol.